The molecule has 0 aliphatic carbocycles. The second kappa shape index (κ2) is 10.5. The molecule has 2 amide bonds. The van der Waals surface area contributed by atoms with Crippen molar-refractivity contribution in [3.05, 3.63) is 106 Å². The van der Waals surface area contributed by atoms with Crippen molar-refractivity contribution < 1.29 is 9.59 Å². The minimum Gasteiger partial charge on any atom is -0.346 e. The van der Waals surface area contributed by atoms with Crippen molar-refractivity contribution in [1.29, 1.82) is 0 Å². The van der Waals surface area contributed by atoms with Gasteiger partial charge < -0.3 is 5.32 Å². The molecule has 0 heterocycles. The van der Waals surface area contributed by atoms with Crippen molar-refractivity contribution >= 4 is 33.5 Å². The molecule has 0 saturated carbocycles. The number of benzene rings is 3. The minimum absolute atomic E-state index is 0.161. The van der Waals surface area contributed by atoms with E-state index in [1.54, 1.807) is 0 Å². The molecule has 0 aliphatic heterocycles. The molecule has 0 radical (unpaired) electrons. The Hall–Kier alpha value is -3.25. The average molecular weight is 464 g/mol. The normalized spacial score (nSPS) is 11.2. The fourth-order valence-corrected chi connectivity index (χ4v) is 3.26. The van der Waals surface area contributed by atoms with E-state index < -0.39 is 5.92 Å². The summed E-state index contributed by atoms with van der Waals surface area (Å²) in [6.45, 7) is 1.65. The standard InChI is InChI=1S/C24H22BrN3O2/c1-17(18-12-14-21(25)15-13-18)27-28-22(29)16-26-24(30)23(19-8-4-2-5-9-19)20-10-6-3-7-11-20/h2-15,23H,16H2,1H3,(H,26,30)(H,28,29)/b27-17-. The molecule has 0 saturated heterocycles. The van der Waals surface area contributed by atoms with E-state index in [-0.39, 0.29) is 18.4 Å². The van der Waals surface area contributed by atoms with Crippen molar-refractivity contribution in [3.63, 3.8) is 0 Å². The van der Waals surface area contributed by atoms with E-state index in [0.29, 0.717) is 5.71 Å². The lowest BCUT2D eigenvalue weighted by atomic mass is 9.90. The number of nitrogens with zero attached hydrogens (tertiary/aromatic N) is 1. The molecular formula is C24H22BrN3O2. The van der Waals surface area contributed by atoms with Gasteiger partial charge in [0.25, 0.3) is 5.91 Å². The first-order chi connectivity index (χ1) is 14.5. The van der Waals surface area contributed by atoms with E-state index >= 15 is 0 Å². The summed E-state index contributed by atoms with van der Waals surface area (Å²) in [7, 11) is 0. The van der Waals surface area contributed by atoms with Gasteiger partial charge in [0, 0.05) is 4.47 Å². The van der Waals surface area contributed by atoms with Crippen molar-refractivity contribution in [1.82, 2.24) is 10.7 Å². The molecule has 3 rings (SSSR count). The maximum atomic E-state index is 12.9. The van der Waals surface area contributed by atoms with Crippen molar-refractivity contribution in [3.8, 4) is 0 Å². The van der Waals surface area contributed by atoms with Crippen LogP contribution in [0.5, 0.6) is 0 Å². The van der Waals surface area contributed by atoms with Crippen LogP contribution in [0.25, 0.3) is 0 Å². The van der Waals surface area contributed by atoms with Gasteiger partial charge in [-0.25, -0.2) is 5.43 Å². The van der Waals surface area contributed by atoms with Gasteiger partial charge in [-0.15, -0.1) is 0 Å². The van der Waals surface area contributed by atoms with Gasteiger partial charge in [-0.2, -0.15) is 5.10 Å². The second-order valence-electron chi connectivity index (χ2n) is 6.71. The number of carbonyl (C=O) groups is 2. The van der Waals surface area contributed by atoms with Crippen molar-refractivity contribution in [2.75, 3.05) is 6.54 Å². The molecule has 0 unspecified atom stereocenters. The summed E-state index contributed by atoms with van der Waals surface area (Å²) in [5.74, 6) is -1.12. The molecule has 3 aromatic rings. The van der Waals surface area contributed by atoms with E-state index in [9.17, 15) is 9.59 Å². The second-order valence-corrected chi connectivity index (χ2v) is 7.63. The largest absolute Gasteiger partial charge is 0.346 e. The Morgan fingerprint density at radius 3 is 1.93 bits per heavy atom. The fourth-order valence-electron chi connectivity index (χ4n) is 3.00. The Morgan fingerprint density at radius 2 is 1.40 bits per heavy atom. The Bertz CT molecular complexity index is 980. The van der Waals surface area contributed by atoms with Crippen LogP contribution in [-0.4, -0.2) is 24.1 Å². The van der Waals surface area contributed by atoms with Crippen LogP contribution < -0.4 is 10.7 Å². The van der Waals surface area contributed by atoms with Crippen LogP contribution in [0.2, 0.25) is 0 Å². The average Bonchev–Trinajstić information content (AvgIpc) is 2.78. The minimum atomic E-state index is -0.492. The number of rotatable bonds is 7. The van der Waals surface area contributed by atoms with Crippen molar-refractivity contribution in [2.24, 2.45) is 5.10 Å². The molecule has 0 spiro atoms. The Balaban J connectivity index is 1.63. The summed E-state index contributed by atoms with van der Waals surface area (Å²) in [4.78, 5) is 25.1. The van der Waals surface area contributed by atoms with Crippen LogP contribution in [0.4, 0.5) is 0 Å². The molecule has 0 bridgehead atoms. The smallest absolute Gasteiger partial charge is 0.259 e. The maximum absolute atomic E-state index is 12.9. The number of amides is 2. The van der Waals surface area contributed by atoms with Crippen LogP contribution in [0, 0.1) is 0 Å². The van der Waals surface area contributed by atoms with Crippen LogP contribution in [-0.2, 0) is 9.59 Å². The molecular weight excluding hydrogens is 442 g/mol. The third-order valence-corrected chi connectivity index (χ3v) is 5.09. The highest BCUT2D eigenvalue weighted by Crippen LogP contribution is 2.24. The van der Waals surface area contributed by atoms with E-state index in [2.05, 4.69) is 31.8 Å². The van der Waals surface area contributed by atoms with E-state index in [1.807, 2.05) is 91.9 Å². The number of nitrogens with one attached hydrogen (secondary N) is 2. The summed E-state index contributed by atoms with van der Waals surface area (Å²) >= 11 is 3.39. The summed E-state index contributed by atoms with van der Waals surface area (Å²) in [5, 5.41) is 6.84. The first kappa shape index (κ1) is 21.5. The molecule has 0 fully saturated rings. The van der Waals surface area contributed by atoms with Gasteiger partial charge in [0.05, 0.1) is 18.2 Å². The predicted molar refractivity (Wildman–Crippen MR) is 122 cm³/mol. The van der Waals surface area contributed by atoms with Crippen LogP contribution in [0.15, 0.2) is 94.5 Å². The third kappa shape index (κ3) is 5.87. The van der Waals surface area contributed by atoms with Gasteiger partial charge in [0.15, 0.2) is 0 Å². The lowest BCUT2D eigenvalue weighted by Crippen LogP contribution is -2.38. The highest BCUT2D eigenvalue weighted by Gasteiger charge is 2.22. The summed E-state index contributed by atoms with van der Waals surface area (Å²) in [6.07, 6.45) is 0. The Labute approximate surface area is 184 Å². The lowest BCUT2D eigenvalue weighted by molar-refractivity contribution is -0.126. The van der Waals surface area contributed by atoms with E-state index in [4.69, 9.17) is 0 Å². The molecule has 0 atom stereocenters. The highest BCUT2D eigenvalue weighted by atomic mass is 79.9. The molecule has 0 aromatic heterocycles. The lowest BCUT2D eigenvalue weighted by Gasteiger charge is -2.17. The van der Waals surface area contributed by atoms with Gasteiger partial charge in [-0.1, -0.05) is 88.7 Å². The van der Waals surface area contributed by atoms with Gasteiger partial charge in [-0.3, -0.25) is 9.59 Å². The first-order valence-corrected chi connectivity index (χ1v) is 10.3. The molecule has 0 aliphatic rings. The molecule has 2 N–H and O–H groups in total. The topological polar surface area (TPSA) is 70.6 Å². The van der Waals surface area contributed by atoms with Crippen LogP contribution in [0.1, 0.15) is 29.5 Å². The number of hydrogen-bond acceptors (Lipinski definition) is 3. The summed E-state index contributed by atoms with van der Waals surface area (Å²) in [6, 6.07) is 26.6. The zero-order chi connectivity index (χ0) is 21.3. The Kier molecular flexibility index (Phi) is 7.51. The molecule has 30 heavy (non-hydrogen) atoms. The quantitative estimate of drug-likeness (QED) is 0.406. The van der Waals surface area contributed by atoms with Gasteiger partial charge in [-0.05, 0) is 35.7 Å². The molecule has 152 valence electrons. The van der Waals surface area contributed by atoms with Gasteiger partial charge >= 0.3 is 0 Å². The fraction of sp³-hybridized carbons (Fsp3) is 0.125. The number of hydrogen-bond donors (Lipinski definition) is 2. The summed E-state index contributed by atoms with van der Waals surface area (Å²) < 4.78 is 0.970. The first-order valence-electron chi connectivity index (χ1n) is 9.51. The van der Waals surface area contributed by atoms with E-state index in [0.717, 1.165) is 21.2 Å². The molecule has 5 nitrogen and oxygen atoms in total. The van der Waals surface area contributed by atoms with Crippen LogP contribution in [0.3, 0.4) is 0 Å². The Morgan fingerprint density at radius 1 is 0.867 bits per heavy atom. The van der Waals surface area contributed by atoms with Crippen molar-refractivity contribution in [2.45, 2.75) is 12.8 Å². The SMILES string of the molecule is C/C(=N/NC(=O)CNC(=O)C(c1ccccc1)c1ccccc1)c1ccc(Br)cc1. The maximum Gasteiger partial charge on any atom is 0.259 e. The monoisotopic (exact) mass is 463 g/mol. The highest BCUT2D eigenvalue weighted by molar-refractivity contribution is 9.10. The van der Waals surface area contributed by atoms with Crippen LogP contribution >= 0.6 is 15.9 Å². The molecule has 6 heteroatoms. The molecule has 3 aromatic carbocycles. The number of halogens is 1. The number of hydrazone groups is 1. The predicted octanol–water partition coefficient (Wildman–Crippen LogP) is 4.24. The summed E-state index contributed by atoms with van der Waals surface area (Å²) in [5.41, 5.74) is 5.80. The zero-order valence-electron chi connectivity index (χ0n) is 16.5. The van der Waals surface area contributed by atoms with Gasteiger partial charge in [0.2, 0.25) is 5.91 Å². The third-order valence-electron chi connectivity index (χ3n) is 4.56. The zero-order valence-corrected chi connectivity index (χ0v) is 18.1. The van der Waals surface area contributed by atoms with Gasteiger partial charge in [0.1, 0.15) is 0 Å². The number of carbonyl (C=O) groups excluding carboxylic acids is 2. The van der Waals surface area contributed by atoms with E-state index in [1.165, 1.54) is 0 Å².